The molecule has 0 saturated carbocycles. The maximum atomic E-state index is 12.3. The lowest BCUT2D eigenvalue weighted by molar-refractivity contribution is 0.0697. The Bertz CT molecular complexity index is 762. The van der Waals surface area contributed by atoms with Crippen LogP contribution in [0.5, 0.6) is 0 Å². The van der Waals surface area contributed by atoms with Gasteiger partial charge in [0.1, 0.15) is 0 Å². The molecule has 110 valence electrons. The third kappa shape index (κ3) is 2.68. The number of halogens is 1. The van der Waals surface area contributed by atoms with Crippen molar-refractivity contribution in [2.75, 3.05) is 18.0 Å². The van der Waals surface area contributed by atoms with Crippen molar-refractivity contribution in [2.45, 2.75) is 19.3 Å². The molecule has 6 heteroatoms. The molecule has 0 atom stereocenters. The largest absolute Gasteiger partial charge is 0.478 e. The van der Waals surface area contributed by atoms with E-state index in [9.17, 15) is 9.59 Å². The number of fused-ring (bicyclic) bond motifs is 1. The van der Waals surface area contributed by atoms with Crippen LogP contribution in [0.25, 0.3) is 11.0 Å². The Morgan fingerprint density at radius 3 is 2.57 bits per heavy atom. The van der Waals surface area contributed by atoms with Crippen LogP contribution < -0.4 is 10.3 Å². The smallest absolute Gasteiger partial charge is 0.335 e. The monoisotopic (exact) mass is 351 g/mol. The molecule has 1 aliphatic rings. The molecule has 0 spiro atoms. The lowest BCUT2D eigenvalue weighted by Gasteiger charge is -2.27. The van der Waals surface area contributed by atoms with Crippen molar-refractivity contribution in [3.8, 4) is 0 Å². The van der Waals surface area contributed by atoms with Crippen molar-refractivity contribution in [3.05, 3.63) is 38.5 Å². The van der Waals surface area contributed by atoms with Gasteiger partial charge in [0.15, 0.2) is 16.9 Å². The highest BCUT2D eigenvalue weighted by atomic mass is 79.9. The van der Waals surface area contributed by atoms with Crippen molar-refractivity contribution in [1.82, 2.24) is 0 Å². The summed E-state index contributed by atoms with van der Waals surface area (Å²) in [5, 5.41) is 9.34. The molecular weight excluding hydrogens is 338 g/mol. The summed E-state index contributed by atoms with van der Waals surface area (Å²) < 4.78 is 6.31. The third-order valence-corrected chi connectivity index (χ3v) is 4.27. The van der Waals surface area contributed by atoms with Crippen LogP contribution in [-0.2, 0) is 0 Å². The van der Waals surface area contributed by atoms with Crippen LogP contribution in [0.4, 0.5) is 5.88 Å². The molecular formula is C15H14BrNO4. The molecule has 1 aromatic carbocycles. The molecule has 2 heterocycles. The van der Waals surface area contributed by atoms with Crippen LogP contribution >= 0.6 is 15.9 Å². The molecule has 0 bridgehead atoms. The first-order valence-electron chi connectivity index (χ1n) is 6.82. The summed E-state index contributed by atoms with van der Waals surface area (Å²) in [5.74, 6) is -0.520. The van der Waals surface area contributed by atoms with E-state index in [0.717, 1.165) is 25.9 Å². The fourth-order valence-electron chi connectivity index (χ4n) is 2.60. The Balaban J connectivity index is 2.15. The van der Waals surface area contributed by atoms with Gasteiger partial charge in [0, 0.05) is 19.2 Å². The molecule has 1 N–H and O–H groups in total. The Morgan fingerprint density at radius 1 is 1.19 bits per heavy atom. The number of anilines is 1. The van der Waals surface area contributed by atoms with E-state index in [1.165, 1.54) is 24.6 Å². The SMILES string of the molecule is O=C(O)c1cc(Br)c2oc(N3CCCCC3)cc(=O)c2c1. The van der Waals surface area contributed by atoms with Crippen LogP contribution in [0.15, 0.2) is 31.9 Å². The topological polar surface area (TPSA) is 70.8 Å². The van der Waals surface area contributed by atoms with Crippen LogP contribution in [0.3, 0.4) is 0 Å². The van der Waals surface area contributed by atoms with Crippen LogP contribution in [0, 0.1) is 0 Å². The molecule has 0 aliphatic carbocycles. The summed E-state index contributed by atoms with van der Waals surface area (Å²) in [6.07, 6.45) is 3.36. The van der Waals surface area contributed by atoms with Crippen molar-refractivity contribution in [2.24, 2.45) is 0 Å². The molecule has 1 aromatic heterocycles. The first-order valence-corrected chi connectivity index (χ1v) is 7.61. The first kappa shape index (κ1) is 14.1. The van der Waals surface area contributed by atoms with Crippen LogP contribution in [-0.4, -0.2) is 24.2 Å². The lowest BCUT2D eigenvalue weighted by Crippen LogP contribution is -2.30. The summed E-state index contributed by atoms with van der Waals surface area (Å²) >= 11 is 3.29. The molecule has 1 fully saturated rings. The van der Waals surface area contributed by atoms with E-state index in [4.69, 9.17) is 9.52 Å². The predicted molar refractivity (Wildman–Crippen MR) is 83.2 cm³/mol. The molecule has 21 heavy (non-hydrogen) atoms. The van der Waals surface area contributed by atoms with E-state index in [-0.39, 0.29) is 16.4 Å². The second-order valence-corrected chi connectivity index (χ2v) is 5.99. The first-order chi connectivity index (χ1) is 10.1. The second-order valence-electron chi connectivity index (χ2n) is 5.14. The number of benzene rings is 1. The Hall–Kier alpha value is -1.82. The highest BCUT2D eigenvalue weighted by Crippen LogP contribution is 2.28. The van der Waals surface area contributed by atoms with Gasteiger partial charge in [-0.3, -0.25) is 4.79 Å². The van der Waals surface area contributed by atoms with E-state index in [1.807, 2.05) is 0 Å². The van der Waals surface area contributed by atoms with Gasteiger partial charge in [-0.1, -0.05) is 0 Å². The zero-order valence-electron chi connectivity index (χ0n) is 11.3. The maximum absolute atomic E-state index is 12.3. The van der Waals surface area contributed by atoms with Gasteiger partial charge in [-0.25, -0.2) is 4.79 Å². The Kier molecular flexibility index (Phi) is 3.71. The number of carboxylic acids is 1. The van der Waals surface area contributed by atoms with Gasteiger partial charge in [-0.05, 0) is 47.3 Å². The number of nitrogens with zero attached hydrogens (tertiary/aromatic N) is 1. The number of piperidine rings is 1. The fourth-order valence-corrected chi connectivity index (χ4v) is 3.14. The van der Waals surface area contributed by atoms with Gasteiger partial charge in [0.05, 0.1) is 15.4 Å². The molecule has 2 aromatic rings. The molecule has 0 unspecified atom stereocenters. The number of carbonyl (C=O) groups is 1. The summed E-state index contributed by atoms with van der Waals surface area (Å²) in [6.45, 7) is 1.75. The minimum Gasteiger partial charge on any atom is -0.478 e. The van der Waals surface area contributed by atoms with Gasteiger partial charge in [0.25, 0.3) is 0 Å². The molecule has 5 nitrogen and oxygen atoms in total. The lowest BCUT2D eigenvalue weighted by atomic mass is 10.1. The summed E-state index contributed by atoms with van der Waals surface area (Å²) in [4.78, 5) is 25.4. The average Bonchev–Trinajstić information content (AvgIpc) is 2.48. The third-order valence-electron chi connectivity index (χ3n) is 3.68. The van der Waals surface area contributed by atoms with Crippen LogP contribution in [0.2, 0.25) is 0 Å². The van der Waals surface area contributed by atoms with Gasteiger partial charge in [-0.15, -0.1) is 0 Å². The normalized spacial score (nSPS) is 15.4. The van der Waals surface area contributed by atoms with E-state index >= 15 is 0 Å². The molecule has 1 saturated heterocycles. The van der Waals surface area contributed by atoms with Gasteiger partial charge in [0.2, 0.25) is 0 Å². The molecule has 0 radical (unpaired) electrons. The summed E-state index contributed by atoms with van der Waals surface area (Å²) in [6, 6.07) is 4.26. The van der Waals surface area contributed by atoms with Gasteiger partial charge in [-0.2, -0.15) is 0 Å². The van der Waals surface area contributed by atoms with Crippen molar-refractivity contribution in [3.63, 3.8) is 0 Å². The summed E-state index contributed by atoms with van der Waals surface area (Å²) in [7, 11) is 0. The zero-order chi connectivity index (χ0) is 15.0. The Morgan fingerprint density at radius 2 is 1.90 bits per heavy atom. The maximum Gasteiger partial charge on any atom is 0.335 e. The Labute approximate surface area is 129 Å². The number of carboxylic acid groups (broad SMARTS) is 1. The van der Waals surface area contributed by atoms with Gasteiger partial charge < -0.3 is 14.4 Å². The number of hydrogen-bond acceptors (Lipinski definition) is 4. The van der Waals surface area contributed by atoms with Crippen molar-refractivity contribution >= 4 is 38.8 Å². The average molecular weight is 352 g/mol. The quantitative estimate of drug-likeness (QED) is 0.899. The minimum atomic E-state index is -1.07. The molecule has 3 rings (SSSR count). The van der Waals surface area contributed by atoms with E-state index < -0.39 is 5.97 Å². The van der Waals surface area contributed by atoms with E-state index in [2.05, 4.69) is 20.8 Å². The summed E-state index contributed by atoms with van der Waals surface area (Å²) in [5.41, 5.74) is 0.237. The number of hydrogen-bond donors (Lipinski definition) is 1. The fraction of sp³-hybridized carbons (Fsp3) is 0.333. The standard InChI is InChI=1S/C15H14BrNO4/c16-11-7-9(15(19)20)6-10-12(18)8-13(21-14(10)11)17-4-2-1-3-5-17/h6-8H,1-5H2,(H,19,20). The van der Waals surface area contributed by atoms with Crippen molar-refractivity contribution < 1.29 is 14.3 Å². The highest BCUT2D eigenvalue weighted by Gasteiger charge is 2.17. The zero-order valence-corrected chi connectivity index (χ0v) is 12.9. The van der Waals surface area contributed by atoms with E-state index in [1.54, 1.807) is 0 Å². The number of rotatable bonds is 2. The van der Waals surface area contributed by atoms with Crippen molar-refractivity contribution in [1.29, 1.82) is 0 Å². The van der Waals surface area contributed by atoms with E-state index in [0.29, 0.717) is 15.9 Å². The molecule has 1 aliphatic heterocycles. The van der Waals surface area contributed by atoms with Gasteiger partial charge >= 0.3 is 5.97 Å². The highest BCUT2D eigenvalue weighted by molar-refractivity contribution is 9.10. The predicted octanol–water partition coefficient (Wildman–Crippen LogP) is 3.24. The molecule has 0 amide bonds. The second kappa shape index (κ2) is 5.52. The number of aromatic carboxylic acids is 1. The minimum absolute atomic E-state index is 0.0624. The van der Waals surface area contributed by atoms with Crippen LogP contribution in [0.1, 0.15) is 29.6 Å².